The molecule has 39 heavy (non-hydrogen) atoms. The molecule has 2 aromatic carbocycles. The molecule has 206 valence electrons. The third kappa shape index (κ3) is 5.70. The highest BCUT2D eigenvalue weighted by Gasteiger charge is 2.24. The summed E-state index contributed by atoms with van der Waals surface area (Å²) in [5.74, 6) is -2.07. The van der Waals surface area contributed by atoms with Crippen molar-refractivity contribution >= 4 is 17.4 Å². The summed E-state index contributed by atoms with van der Waals surface area (Å²) in [6.45, 7) is 5.13. The molecule has 3 heterocycles. The number of methoxy groups -OCH3 is 1. The molecular formula is C28H32F2N6O3. The first kappa shape index (κ1) is 26.9. The zero-order chi connectivity index (χ0) is 27.5. The van der Waals surface area contributed by atoms with Gasteiger partial charge in [-0.3, -0.25) is 9.69 Å². The molecule has 2 aliphatic heterocycles. The van der Waals surface area contributed by atoms with Crippen LogP contribution in [0.3, 0.4) is 0 Å². The second-order valence-electron chi connectivity index (χ2n) is 9.77. The number of rotatable bonds is 8. The number of aromatic nitrogens is 2. The number of ether oxygens (including phenoxy) is 2. The predicted octanol–water partition coefficient (Wildman–Crippen LogP) is 2.87. The molecule has 3 aromatic rings. The summed E-state index contributed by atoms with van der Waals surface area (Å²) < 4.78 is 41.2. The van der Waals surface area contributed by atoms with Crippen LogP contribution in [0, 0.1) is 11.8 Å². The summed E-state index contributed by atoms with van der Waals surface area (Å²) in [5, 5.41) is 2.70. The predicted molar refractivity (Wildman–Crippen MR) is 145 cm³/mol. The van der Waals surface area contributed by atoms with Crippen LogP contribution < -0.4 is 16.0 Å². The van der Waals surface area contributed by atoms with Crippen LogP contribution in [0.5, 0.6) is 0 Å². The van der Waals surface area contributed by atoms with Crippen LogP contribution >= 0.6 is 0 Å². The summed E-state index contributed by atoms with van der Waals surface area (Å²) in [4.78, 5) is 24.9. The van der Waals surface area contributed by atoms with E-state index >= 15 is 8.78 Å². The van der Waals surface area contributed by atoms with E-state index in [-0.39, 0.29) is 34.2 Å². The third-order valence-corrected chi connectivity index (χ3v) is 7.07. The Balaban J connectivity index is 1.56. The van der Waals surface area contributed by atoms with Crippen LogP contribution in [0.2, 0.25) is 0 Å². The molecule has 0 spiro atoms. The van der Waals surface area contributed by atoms with Gasteiger partial charge in [0.1, 0.15) is 17.2 Å². The molecular weight excluding hydrogens is 506 g/mol. The number of nitrogens with two attached hydrogens (primary N) is 1. The lowest BCUT2D eigenvalue weighted by Gasteiger charge is -2.32. The fraction of sp³-hybridized carbons (Fsp3) is 0.393. The Morgan fingerprint density at radius 2 is 1.92 bits per heavy atom. The number of morpholine rings is 1. The van der Waals surface area contributed by atoms with Crippen LogP contribution in [0.15, 0.2) is 30.3 Å². The zero-order valence-corrected chi connectivity index (χ0v) is 22.1. The van der Waals surface area contributed by atoms with Crippen LogP contribution in [0.25, 0.3) is 22.5 Å². The highest BCUT2D eigenvalue weighted by molar-refractivity contribution is 5.97. The molecule has 11 heteroatoms. The van der Waals surface area contributed by atoms with Gasteiger partial charge in [-0.25, -0.2) is 9.37 Å². The van der Waals surface area contributed by atoms with Gasteiger partial charge >= 0.3 is 0 Å². The van der Waals surface area contributed by atoms with Crippen molar-refractivity contribution in [3.05, 3.63) is 58.8 Å². The molecule has 0 unspecified atom stereocenters. The van der Waals surface area contributed by atoms with Crippen LogP contribution in [0.4, 0.5) is 20.3 Å². The molecule has 5 rings (SSSR count). The molecule has 3 N–H and O–H groups in total. The van der Waals surface area contributed by atoms with Crippen molar-refractivity contribution in [3.63, 3.8) is 0 Å². The second-order valence-corrected chi connectivity index (χ2v) is 9.77. The summed E-state index contributed by atoms with van der Waals surface area (Å²) in [6.07, 6.45) is 0.540. The average molecular weight is 539 g/mol. The monoisotopic (exact) mass is 538 g/mol. The molecule has 1 aromatic heterocycles. The van der Waals surface area contributed by atoms with Gasteiger partial charge in [0.05, 0.1) is 19.8 Å². The van der Waals surface area contributed by atoms with Gasteiger partial charge in [0.2, 0.25) is 5.95 Å². The van der Waals surface area contributed by atoms with Gasteiger partial charge in [-0.05, 0) is 48.9 Å². The third-order valence-electron chi connectivity index (χ3n) is 7.07. The van der Waals surface area contributed by atoms with Gasteiger partial charge in [-0.1, -0.05) is 6.07 Å². The summed E-state index contributed by atoms with van der Waals surface area (Å²) in [5.41, 5.74) is 9.62. The summed E-state index contributed by atoms with van der Waals surface area (Å²) in [7, 11) is 3.66. The van der Waals surface area contributed by atoms with Crippen molar-refractivity contribution in [2.75, 3.05) is 70.8 Å². The minimum absolute atomic E-state index is 0.0246. The number of anilines is 2. The minimum Gasteiger partial charge on any atom is -0.383 e. The van der Waals surface area contributed by atoms with Crippen LogP contribution in [-0.4, -0.2) is 80.9 Å². The number of fused-ring (bicyclic) bond motifs is 1. The number of nitrogens with one attached hydrogen (secondary N) is 1. The van der Waals surface area contributed by atoms with Gasteiger partial charge in [0, 0.05) is 62.2 Å². The molecule has 0 aliphatic carbocycles. The van der Waals surface area contributed by atoms with Crippen molar-refractivity contribution in [1.82, 2.24) is 20.2 Å². The van der Waals surface area contributed by atoms with Crippen molar-refractivity contribution < 1.29 is 23.0 Å². The number of carbonyl (C=O) groups excluding carboxylic acids is 1. The molecule has 2 aliphatic rings. The number of nitrogens with zero attached hydrogens (tertiary/aromatic N) is 4. The highest BCUT2D eigenvalue weighted by Crippen LogP contribution is 2.34. The number of hydrogen-bond donors (Lipinski definition) is 2. The number of amides is 1. The lowest BCUT2D eigenvalue weighted by molar-refractivity contribution is 0.0945. The van der Waals surface area contributed by atoms with Gasteiger partial charge in [0.15, 0.2) is 5.82 Å². The molecule has 1 amide bonds. The number of hydrogen-bond acceptors (Lipinski definition) is 8. The fourth-order valence-corrected chi connectivity index (χ4v) is 5.02. The molecule has 0 radical (unpaired) electrons. The maximum absolute atomic E-state index is 15.2. The number of halogens is 2. The van der Waals surface area contributed by atoms with E-state index in [1.807, 2.05) is 19.2 Å². The first-order valence-electron chi connectivity index (χ1n) is 12.9. The van der Waals surface area contributed by atoms with Crippen molar-refractivity contribution in [1.29, 1.82) is 0 Å². The van der Waals surface area contributed by atoms with E-state index in [4.69, 9.17) is 15.2 Å². The van der Waals surface area contributed by atoms with E-state index in [1.54, 1.807) is 19.2 Å². The Morgan fingerprint density at radius 3 is 2.69 bits per heavy atom. The highest BCUT2D eigenvalue weighted by atomic mass is 19.1. The maximum atomic E-state index is 15.2. The Hall–Kier alpha value is -3.67. The first-order valence-corrected chi connectivity index (χ1v) is 12.9. The molecule has 0 bridgehead atoms. The van der Waals surface area contributed by atoms with Gasteiger partial charge < -0.3 is 25.4 Å². The lowest BCUT2D eigenvalue weighted by Crippen LogP contribution is -2.37. The van der Waals surface area contributed by atoms with E-state index in [9.17, 15) is 4.79 Å². The van der Waals surface area contributed by atoms with Gasteiger partial charge in [0.25, 0.3) is 5.91 Å². The molecule has 1 fully saturated rings. The number of benzene rings is 2. The minimum atomic E-state index is -0.841. The van der Waals surface area contributed by atoms with E-state index in [2.05, 4.69) is 25.1 Å². The Morgan fingerprint density at radius 1 is 1.13 bits per heavy atom. The van der Waals surface area contributed by atoms with Crippen molar-refractivity contribution in [2.24, 2.45) is 0 Å². The maximum Gasteiger partial charge on any atom is 0.251 e. The zero-order valence-electron chi connectivity index (χ0n) is 22.1. The normalized spacial score (nSPS) is 15.4. The van der Waals surface area contributed by atoms with E-state index in [0.29, 0.717) is 50.5 Å². The molecule has 9 nitrogen and oxygen atoms in total. The smallest absolute Gasteiger partial charge is 0.251 e. The molecule has 0 saturated carbocycles. The quantitative estimate of drug-likeness (QED) is 0.451. The fourth-order valence-electron chi connectivity index (χ4n) is 5.02. The lowest BCUT2D eigenvalue weighted by atomic mass is 9.96. The topological polar surface area (TPSA) is 106 Å². The van der Waals surface area contributed by atoms with E-state index in [0.717, 1.165) is 30.9 Å². The van der Waals surface area contributed by atoms with E-state index < -0.39 is 11.8 Å². The van der Waals surface area contributed by atoms with Crippen LogP contribution in [-0.2, 0) is 22.4 Å². The number of likely N-dealkylation sites (N-methyl/N-ethyl adjacent to an activating group) is 1. The molecule has 0 atom stereocenters. The largest absolute Gasteiger partial charge is 0.383 e. The second kappa shape index (κ2) is 11.6. The molecule has 1 saturated heterocycles. The van der Waals surface area contributed by atoms with Crippen LogP contribution in [0.1, 0.15) is 21.5 Å². The van der Waals surface area contributed by atoms with Crippen molar-refractivity contribution in [2.45, 2.75) is 13.0 Å². The standard InChI is InChI=1S/C28H32F2N6O3/c1-35(7-10-38-2)16-19-13-18(3-4-23(19)36-8-11-39-12-9-36)24-26(30)34-27(31)25(33-24)21-14-17-5-6-32-28(37)20(17)15-22(21)29/h3-4,13-15H,5-12,16H2,1-2H3,(H2,31,34)(H,32,37). The SMILES string of the molecule is COCCN(C)Cc1cc(-c2nc(-c3cc4c(cc3F)C(=O)NCC4)c(N)nc2F)ccc1N1CCOCC1. The number of nitrogen functional groups attached to an aromatic ring is 1. The van der Waals surface area contributed by atoms with Crippen molar-refractivity contribution in [3.8, 4) is 22.5 Å². The summed E-state index contributed by atoms with van der Waals surface area (Å²) in [6, 6.07) is 8.38. The average Bonchev–Trinajstić information content (AvgIpc) is 2.93. The Bertz CT molecular complexity index is 1380. The Kier molecular flexibility index (Phi) is 8.01. The Labute approximate surface area is 225 Å². The first-order chi connectivity index (χ1) is 18.9. The van der Waals surface area contributed by atoms with E-state index in [1.165, 1.54) is 6.07 Å². The number of carbonyl (C=O) groups is 1. The van der Waals surface area contributed by atoms with Gasteiger partial charge in [-0.15, -0.1) is 0 Å². The van der Waals surface area contributed by atoms with Gasteiger partial charge in [-0.2, -0.15) is 9.37 Å². The summed E-state index contributed by atoms with van der Waals surface area (Å²) >= 11 is 0.